The Bertz CT molecular complexity index is 756. The average Bonchev–Trinajstić information content (AvgIpc) is 2.86. The molecule has 0 amide bonds. The Hall–Kier alpha value is -2.77. The second-order valence-corrected chi connectivity index (χ2v) is 5.89. The average molecular weight is 344 g/mol. The molecule has 1 aromatic heterocycles. The van der Waals surface area contributed by atoms with E-state index in [0.29, 0.717) is 24.0 Å². The van der Waals surface area contributed by atoms with Crippen LogP contribution < -0.4 is 20.5 Å². The fourth-order valence-electron chi connectivity index (χ4n) is 2.92. The third-order valence-corrected chi connectivity index (χ3v) is 4.23. The van der Waals surface area contributed by atoms with Gasteiger partial charge in [0.25, 0.3) is 0 Å². The summed E-state index contributed by atoms with van der Waals surface area (Å²) < 4.78 is 12.7. The minimum atomic E-state index is 0.318. The minimum absolute atomic E-state index is 0.318. The Morgan fingerprint density at radius 1 is 1.20 bits per heavy atom. The van der Waals surface area contributed by atoms with Crippen molar-refractivity contribution in [3.8, 4) is 11.5 Å². The first kappa shape index (κ1) is 17.1. The van der Waals surface area contributed by atoms with Gasteiger partial charge < -0.3 is 25.1 Å². The molecule has 3 N–H and O–H groups in total. The van der Waals surface area contributed by atoms with Crippen LogP contribution in [0.25, 0.3) is 0 Å². The van der Waals surface area contributed by atoms with Crippen LogP contribution in [0.1, 0.15) is 30.9 Å². The van der Waals surface area contributed by atoms with Crippen molar-refractivity contribution >= 4 is 11.6 Å². The predicted molar refractivity (Wildman–Crippen MR) is 96.1 cm³/mol. The van der Waals surface area contributed by atoms with Crippen molar-refractivity contribution in [2.45, 2.75) is 38.8 Å². The zero-order chi connectivity index (χ0) is 17.6. The van der Waals surface area contributed by atoms with Crippen LogP contribution in [0.4, 0.5) is 5.69 Å². The molecule has 0 saturated carbocycles. The molecule has 25 heavy (non-hydrogen) atoms. The molecule has 0 unspecified atom stereocenters. The summed E-state index contributed by atoms with van der Waals surface area (Å²) in [6.07, 6.45) is 4.54. The van der Waals surface area contributed by atoms with E-state index in [1.54, 1.807) is 14.2 Å². The number of fused-ring (bicyclic) bond motifs is 1. The zero-order valence-corrected chi connectivity index (χ0v) is 14.7. The molecule has 0 bridgehead atoms. The number of aryl methyl sites for hydroxylation is 1. The minimum Gasteiger partial charge on any atom is -0.493 e. The molecule has 8 nitrogen and oxygen atoms in total. The summed E-state index contributed by atoms with van der Waals surface area (Å²) in [4.78, 5) is 4.39. The molecular weight excluding hydrogens is 320 g/mol. The van der Waals surface area contributed by atoms with E-state index < -0.39 is 0 Å². The molecule has 0 atom stereocenters. The van der Waals surface area contributed by atoms with E-state index in [4.69, 9.17) is 15.2 Å². The van der Waals surface area contributed by atoms with Gasteiger partial charge in [-0.3, -0.25) is 0 Å². The smallest absolute Gasteiger partial charge is 0.193 e. The quantitative estimate of drug-likeness (QED) is 0.635. The first-order valence-corrected chi connectivity index (χ1v) is 8.41. The standard InChI is InChI=1S/C17H24N6O2/c1-24-13-8-7-12(10-14(13)25-2)20-17(18)19-11-16-22-21-15-6-4-3-5-9-23(15)16/h7-8,10H,3-6,9,11H2,1-2H3,(H3,18,19,20). The number of benzene rings is 1. The lowest BCUT2D eigenvalue weighted by Crippen LogP contribution is -2.23. The Morgan fingerprint density at radius 3 is 2.84 bits per heavy atom. The number of nitrogens with two attached hydrogens (primary N) is 1. The Morgan fingerprint density at radius 2 is 2.04 bits per heavy atom. The third kappa shape index (κ3) is 4.01. The highest BCUT2D eigenvalue weighted by atomic mass is 16.5. The molecule has 2 aromatic rings. The Balaban J connectivity index is 1.67. The van der Waals surface area contributed by atoms with Gasteiger partial charge in [0.05, 0.1) is 14.2 Å². The molecule has 0 fully saturated rings. The predicted octanol–water partition coefficient (Wildman–Crippen LogP) is 1.95. The van der Waals surface area contributed by atoms with Crippen LogP contribution in [0, 0.1) is 0 Å². The molecule has 0 spiro atoms. The van der Waals surface area contributed by atoms with E-state index in [0.717, 1.165) is 36.7 Å². The maximum absolute atomic E-state index is 6.00. The number of methoxy groups -OCH3 is 2. The molecule has 2 heterocycles. The van der Waals surface area contributed by atoms with Crippen LogP contribution in [-0.2, 0) is 19.5 Å². The first-order valence-electron chi connectivity index (χ1n) is 8.41. The second-order valence-electron chi connectivity index (χ2n) is 5.89. The normalized spacial score (nSPS) is 14.6. The Labute approximate surface area is 147 Å². The Kier molecular flexibility index (Phi) is 5.37. The summed E-state index contributed by atoms with van der Waals surface area (Å²) in [7, 11) is 3.19. The highest BCUT2D eigenvalue weighted by molar-refractivity contribution is 5.92. The van der Waals surface area contributed by atoms with Gasteiger partial charge >= 0.3 is 0 Å². The number of aromatic nitrogens is 3. The van der Waals surface area contributed by atoms with Gasteiger partial charge in [0.1, 0.15) is 12.4 Å². The van der Waals surface area contributed by atoms with Crippen molar-refractivity contribution in [3.63, 3.8) is 0 Å². The molecule has 1 aromatic carbocycles. The number of anilines is 1. The summed E-state index contributed by atoms with van der Waals surface area (Å²) in [5.74, 6) is 3.51. The van der Waals surface area contributed by atoms with Crippen molar-refractivity contribution in [2.75, 3.05) is 19.5 Å². The highest BCUT2D eigenvalue weighted by Gasteiger charge is 2.14. The maximum Gasteiger partial charge on any atom is 0.193 e. The van der Waals surface area contributed by atoms with Crippen LogP contribution in [0.15, 0.2) is 23.2 Å². The van der Waals surface area contributed by atoms with Crippen molar-refractivity contribution < 1.29 is 9.47 Å². The molecule has 8 heteroatoms. The van der Waals surface area contributed by atoms with Crippen molar-refractivity contribution in [3.05, 3.63) is 29.8 Å². The molecular formula is C17H24N6O2. The molecule has 3 rings (SSSR count). The van der Waals surface area contributed by atoms with Crippen LogP contribution in [0.2, 0.25) is 0 Å². The largest absolute Gasteiger partial charge is 0.493 e. The van der Waals surface area contributed by atoms with Crippen LogP contribution in [0.5, 0.6) is 11.5 Å². The summed E-state index contributed by atoms with van der Waals surface area (Å²) in [5.41, 5.74) is 6.78. The number of nitrogens with zero attached hydrogens (tertiary/aromatic N) is 4. The van der Waals surface area contributed by atoms with Crippen molar-refractivity contribution in [2.24, 2.45) is 10.7 Å². The lowest BCUT2D eigenvalue weighted by molar-refractivity contribution is 0.355. The number of aliphatic imine (C=N–C) groups is 1. The number of nitrogens with one attached hydrogen (secondary N) is 1. The van der Waals surface area contributed by atoms with E-state index in [1.807, 2.05) is 18.2 Å². The zero-order valence-electron chi connectivity index (χ0n) is 14.7. The fourth-order valence-corrected chi connectivity index (χ4v) is 2.92. The summed E-state index contributed by atoms with van der Waals surface area (Å²) in [5, 5.41) is 11.6. The number of hydrogen-bond acceptors (Lipinski definition) is 5. The molecule has 1 aliphatic rings. The number of rotatable bonds is 5. The molecule has 134 valence electrons. The fraction of sp³-hybridized carbons (Fsp3) is 0.471. The van der Waals surface area contributed by atoms with Gasteiger partial charge in [0.2, 0.25) is 0 Å². The summed E-state index contributed by atoms with van der Waals surface area (Å²) in [6.45, 7) is 1.36. The van der Waals surface area contributed by atoms with Crippen molar-refractivity contribution in [1.29, 1.82) is 0 Å². The summed E-state index contributed by atoms with van der Waals surface area (Å²) in [6, 6.07) is 5.48. The van der Waals surface area contributed by atoms with Gasteiger partial charge in [-0.25, -0.2) is 4.99 Å². The van der Waals surface area contributed by atoms with E-state index >= 15 is 0 Å². The van der Waals surface area contributed by atoms with E-state index in [9.17, 15) is 0 Å². The van der Waals surface area contributed by atoms with Crippen LogP contribution >= 0.6 is 0 Å². The SMILES string of the molecule is COc1ccc(NC(N)=NCc2nnc3n2CCCCC3)cc1OC. The van der Waals surface area contributed by atoms with Gasteiger partial charge in [0, 0.05) is 24.7 Å². The van der Waals surface area contributed by atoms with Gasteiger partial charge in [-0.05, 0) is 25.0 Å². The highest BCUT2D eigenvalue weighted by Crippen LogP contribution is 2.29. The van der Waals surface area contributed by atoms with E-state index in [2.05, 4.69) is 25.1 Å². The number of hydrogen-bond donors (Lipinski definition) is 2. The molecule has 1 aliphatic heterocycles. The first-order chi connectivity index (χ1) is 12.2. The monoisotopic (exact) mass is 344 g/mol. The number of ether oxygens (including phenoxy) is 2. The molecule has 0 aliphatic carbocycles. The van der Waals surface area contributed by atoms with E-state index in [1.165, 1.54) is 12.8 Å². The number of guanidine groups is 1. The van der Waals surface area contributed by atoms with Crippen molar-refractivity contribution in [1.82, 2.24) is 14.8 Å². The van der Waals surface area contributed by atoms with Crippen LogP contribution in [-0.4, -0.2) is 34.9 Å². The topological polar surface area (TPSA) is 99.6 Å². The lowest BCUT2D eigenvalue weighted by Gasteiger charge is -2.11. The molecule has 0 radical (unpaired) electrons. The molecule has 0 saturated heterocycles. The van der Waals surface area contributed by atoms with Gasteiger partial charge in [0.15, 0.2) is 23.3 Å². The lowest BCUT2D eigenvalue weighted by atomic mass is 10.2. The van der Waals surface area contributed by atoms with E-state index in [-0.39, 0.29) is 0 Å². The second kappa shape index (κ2) is 7.87. The summed E-state index contributed by atoms with van der Waals surface area (Å²) >= 11 is 0. The maximum atomic E-state index is 6.00. The van der Waals surface area contributed by atoms with Crippen LogP contribution in [0.3, 0.4) is 0 Å². The third-order valence-electron chi connectivity index (χ3n) is 4.23. The van der Waals surface area contributed by atoms with Gasteiger partial charge in [-0.2, -0.15) is 0 Å². The van der Waals surface area contributed by atoms with Gasteiger partial charge in [-0.15, -0.1) is 10.2 Å². The van der Waals surface area contributed by atoms with Gasteiger partial charge in [-0.1, -0.05) is 6.42 Å².